The SMILES string of the molecule is CC(C)(C)c1c([O])c([O-])c(C(C)(C)C)c2c1OCCO2. The Labute approximate surface area is 120 Å². The molecule has 0 saturated carbocycles. The summed E-state index contributed by atoms with van der Waals surface area (Å²) in [4.78, 5) is 0. The van der Waals surface area contributed by atoms with Crippen molar-refractivity contribution in [1.29, 1.82) is 0 Å². The van der Waals surface area contributed by atoms with E-state index in [1.807, 2.05) is 41.5 Å². The maximum atomic E-state index is 12.5. The molecule has 4 heteroatoms. The Hall–Kier alpha value is -1.58. The molecule has 0 spiro atoms. The standard InChI is InChI=1S/C16H23O4/c1-15(2,3)9-11(17)12(18)10(16(4,5)6)14-13(9)19-7-8-20-14/h17H,7-8H2,1-6H3/p-1. The van der Waals surface area contributed by atoms with Crippen LogP contribution in [0.3, 0.4) is 0 Å². The topological polar surface area (TPSA) is 61.4 Å². The number of fused-ring (bicyclic) bond motifs is 1. The van der Waals surface area contributed by atoms with Gasteiger partial charge in [-0.05, 0) is 16.4 Å². The highest BCUT2D eigenvalue weighted by Crippen LogP contribution is 2.55. The number of benzene rings is 1. The van der Waals surface area contributed by atoms with Gasteiger partial charge >= 0.3 is 0 Å². The van der Waals surface area contributed by atoms with Gasteiger partial charge in [0.25, 0.3) is 0 Å². The van der Waals surface area contributed by atoms with Gasteiger partial charge in [-0.15, -0.1) is 0 Å². The van der Waals surface area contributed by atoms with Gasteiger partial charge in [-0.2, -0.15) is 0 Å². The van der Waals surface area contributed by atoms with Crippen molar-refractivity contribution in [1.82, 2.24) is 0 Å². The first-order valence-corrected chi connectivity index (χ1v) is 6.89. The molecule has 1 radical (unpaired) electrons. The molecule has 0 aliphatic carbocycles. The molecule has 1 aromatic rings. The lowest BCUT2D eigenvalue weighted by molar-refractivity contribution is -0.273. The number of hydrogen-bond acceptors (Lipinski definition) is 3. The molecule has 0 fully saturated rings. The normalized spacial score (nSPS) is 15.3. The van der Waals surface area contributed by atoms with E-state index < -0.39 is 22.3 Å². The van der Waals surface area contributed by atoms with E-state index in [-0.39, 0.29) is 0 Å². The third kappa shape index (κ3) is 2.28. The van der Waals surface area contributed by atoms with Gasteiger partial charge < -0.3 is 14.6 Å². The van der Waals surface area contributed by atoms with Gasteiger partial charge in [-0.25, -0.2) is 0 Å². The van der Waals surface area contributed by atoms with Gasteiger partial charge in [-0.1, -0.05) is 47.3 Å². The zero-order chi connectivity index (χ0) is 15.3. The monoisotopic (exact) mass is 278 g/mol. The highest BCUT2D eigenvalue weighted by molar-refractivity contribution is 5.68. The maximum Gasteiger partial charge on any atom is 0.178 e. The van der Waals surface area contributed by atoms with Crippen LogP contribution >= 0.6 is 0 Å². The van der Waals surface area contributed by atoms with Gasteiger partial charge in [0.2, 0.25) is 0 Å². The largest absolute Gasteiger partial charge is 0.870 e. The third-order valence-electron chi connectivity index (χ3n) is 3.40. The summed E-state index contributed by atoms with van der Waals surface area (Å²) in [5, 5.41) is 25.0. The first kappa shape index (κ1) is 14.8. The Morgan fingerprint density at radius 2 is 1.25 bits per heavy atom. The van der Waals surface area contributed by atoms with Gasteiger partial charge in [0.15, 0.2) is 17.2 Å². The lowest BCUT2D eigenvalue weighted by atomic mass is 9.79. The van der Waals surface area contributed by atoms with Crippen LogP contribution in [0.4, 0.5) is 0 Å². The minimum atomic E-state index is -0.466. The molecular formula is C16H22O4-. The number of rotatable bonds is 0. The van der Waals surface area contributed by atoms with Crippen LogP contribution in [0.25, 0.3) is 0 Å². The quantitative estimate of drug-likeness (QED) is 0.731. The van der Waals surface area contributed by atoms with Crippen LogP contribution in [0.5, 0.6) is 23.0 Å². The summed E-state index contributed by atoms with van der Waals surface area (Å²) >= 11 is 0. The lowest BCUT2D eigenvalue weighted by Crippen LogP contribution is -2.26. The van der Waals surface area contributed by atoms with Gasteiger partial charge in [-0.3, -0.25) is 5.11 Å². The van der Waals surface area contributed by atoms with Crippen LogP contribution in [0.15, 0.2) is 0 Å². The van der Waals surface area contributed by atoms with Crippen molar-refractivity contribution in [3.63, 3.8) is 0 Å². The van der Waals surface area contributed by atoms with Crippen molar-refractivity contribution in [3.05, 3.63) is 11.1 Å². The Morgan fingerprint density at radius 1 is 0.850 bits per heavy atom. The second-order valence-electron chi connectivity index (χ2n) is 7.26. The molecule has 0 atom stereocenters. The average Bonchev–Trinajstić information content (AvgIpc) is 2.27. The van der Waals surface area contributed by atoms with Crippen LogP contribution in [0, 0.1) is 0 Å². The molecule has 1 aromatic carbocycles. The average molecular weight is 278 g/mol. The van der Waals surface area contributed by atoms with Crippen LogP contribution in [0.1, 0.15) is 52.7 Å². The molecule has 111 valence electrons. The molecule has 0 saturated heterocycles. The van der Waals surface area contributed by atoms with E-state index in [0.717, 1.165) is 0 Å². The maximum absolute atomic E-state index is 12.5. The Balaban J connectivity index is 2.86. The molecule has 0 bridgehead atoms. The van der Waals surface area contributed by atoms with Crippen molar-refractivity contribution >= 4 is 0 Å². The molecule has 0 N–H and O–H groups in total. The van der Waals surface area contributed by atoms with E-state index in [4.69, 9.17) is 9.47 Å². The minimum absolute atomic E-state index is 0.400. The highest BCUT2D eigenvalue weighted by atomic mass is 16.6. The number of hydrogen-bond donors (Lipinski definition) is 0. The van der Waals surface area contributed by atoms with Crippen LogP contribution < -0.4 is 14.6 Å². The summed E-state index contributed by atoms with van der Waals surface area (Å²) in [5.41, 5.74) is -0.0788. The first-order chi connectivity index (χ1) is 9.05. The smallest absolute Gasteiger partial charge is 0.178 e. The fourth-order valence-corrected chi connectivity index (χ4v) is 2.59. The predicted octanol–water partition coefficient (Wildman–Crippen LogP) is 3.27. The molecule has 2 rings (SSSR count). The van der Waals surface area contributed by atoms with Crippen molar-refractivity contribution in [3.8, 4) is 23.0 Å². The van der Waals surface area contributed by atoms with Gasteiger partial charge in [0.05, 0.1) is 5.56 Å². The lowest BCUT2D eigenvalue weighted by Gasteiger charge is -2.36. The van der Waals surface area contributed by atoms with Crippen LogP contribution in [-0.4, -0.2) is 13.2 Å². The Bertz CT molecular complexity index is 484. The van der Waals surface area contributed by atoms with E-state index in [2.05, 4.69) is 0 Å². The minimum Gasteiger partial charge on any atom is -0.870 e. The molecule has 0 unspecified atom stereocenters. The molecule has 1 aliphatic rings. The summed E-state index contributed by atoms with van der Waals surface area (Å²) in [6, 6.07) is 0. The van der Waals surface area contributed by atoms with Crippen molar-refractivity contribution in [2.45, 2.75) is 52.4 Å². The van der Waals surface area contributed by atoms with Gasteiger partial charge in [0, 0.05) is 0 Å². The van der Waals surface area contributed by atoms with E-state index in [1.165, 1.54) is 0 Å². The zero-order valence-corrected chi connectivity index (χ0v) is 13.0. The number of ether oxygens (including phenoxy) is 2. The Kier molecular flexibility index (Phi) is 3.31. The summed E-state index contributed by atoms with van der Waals surface area (Å²) < 4.78 is 11.4. The van der Waals surface area contributed by atoms with E-state index >= 15 is 0 Å². The molecular weight excluding hydrogens is 256 g/mol. The molecule has 0 aromatic heterocycles. The second kappa shape index (κ2) is 4.47. The second-order valence-corrected chi connectivity index (χ2v) is 7.26. The predicted molar refractivity (Wildman–Crippen MR) is 74.4 cm³/mol. The van der Waals surface area contributed by atoms with Crippen molar-refractivity contribution < 1.29 is 19.7 Å². The molecule has 0 amide bonds. The van der Waals surface area contributed by atoms with Crippen LogP contribution in [0.2, 0.25) is 0 Å². The van der Waals surface area contributed by atoms with Crippen LogP contribution in [-0.2, 0) is 15.9 Å². The fourth-order valence-electron chi connectivity index (χ4n) is 2.59. The zero-order valence-electron chi connectivity index (χ0n) is 13.0. The summed E-state index contributed by atoms with van der Waals surface area (Å²) in [6.45, 7) is 12.2. The fraction of sp³-hybridized carbons (Fsp3) is 0.625. The summed E-state index contributed by atoms with van der Waals surface area (Å²) in [5.74, 6) is -0.0186. The van der Waals surface area contributed by atoms with Crippen molar-refractivity contribution in [2.24, 2.45) is 0 Å². The van der Waals surface area contributed by atoms with Gasteiger partial charge in [0.1, 0.15) is 13.2 Å². The third-order valence-corrected chi connectivity index (χ3v) is 3.40. The highest BCUT2D eigenvalue weighted by Gasteiger charge is 2.35. The molecule has 1 aliphatic heterocycles. The van der Waals surface area contributed by atoms with E-state index in [9.17, 15) is 10.2 Å². The first-order valence-electron chi connectivity index (χ1n) is 6.89. The van der Waals surface area contributed by atoms with E-state index in [1.54, 1.807) is 0 Å². The van der Waals surface area contributed by atoms with E-state index in [0.29, 0.717) is 35.8 Å². The molecule has 20 heavy (non-hydrogen) atoms. The summed E-state index contributed by atoms with van der Waals surface area (Å²) in [6.07, 6.45) is 0. The Morgan fingerprint density at radius 3 is 1.65 bits per heavy atom. The summed E-state index contributed by atoms with van der Waals surface area (Å²) in [7, 11) is 0. The van der Waals surface area contributed by atoms with Crippen molar-refractivity contribution in [2.75, 3.05) is 13.2 Å². The molecule has 1 heterocycles. The molecule has 4 nitrogen and oxygen atoms in total.